The molecular weight excluding hydrogens is 545 g/mol. The molecule has 0 spiro atoms. The van der Waals surface area contributed by atoms with Gasteiger partial charge in [-0.25, -0.2) is 0 Å². The van der Waals surface area contributed by atoms with Crippen LogP contribution in [-0.4, -0.2) is 30.8 Å². The fourth-order valence-electron chi connectivity index (χ4n) is 4.81. The first-order chi connectivity index (χ1) is 16.4. The van der Waals surface area contributed by atoms with E-state index in [1.807, 2.05) is 43.5 Å². The van der Waals surface area contributed by atoms with E-state index in [-0.39, 0.29) is 0 Å². The first-order valence-electron chi connectivity index (χ1n) is 13.0. The van der Waals surface area contributed by atoms with Crippen molar-refractivity contribution >= 4 is 45.4 Å². The van der Waals surface area contributed by atoms with Gasteiger partial charge in [0.2, 0.25) is 0 Å². The number of hydrogen-bond acceptors (Lipinski definition) is 2. The van der Waals surface area contributed by atoms with Gasteiger partial charge in [0.1, 0.15) is 0 Å². The Morgan fingerprint density at radius 1 is 0.824 bits per heavy atom. The molecule has 0 aliphatic heterocycles. The number of unbranched alkanes of at least 4 members (excludes halogenated alkanes) is 3. The van der Waals surface area contributed by atoms with Gasteiger partial charge in [-0.3, -0.25) is 0 Å². The van der Waals surface area contributed by atoms with Crippen LogP contribution < -0.4 is 0 Å². The van der Waals surface area contributed by atoms with Crippen molar-refractivity contribution in [2.24, 2.45) is 0 Å². The summed E-state index contributed by atoms with van der Waals surface area (Å²) >= 11 is -2.47. The zero-order valence-electron chi connectivity index (χ0n) is 21.4. The van der Waals surface area contributed by atoms with Gasteiger partial charge in [-0.15, -0.1) is 0 Å². The molecule has 2 aromatic carbocycles. The van der Waals surface area contributed by atoms with Crippen LogP contribution in [0.2, 0.25) is 13.3 Å². The van der Waals surface area contributed by atoms with Crippen molar-refractivity contribution in [3.05, 3.63) is 69.9 Å². The molecule has 3 rings (SSSR count). The molecule has 0 atom stereocenters. The molecule has 0 aliphatic rings. The van der Waals surface area contributed by atoms with Gasteiger partial charge >= 0.3 is 212 Å². The van der Waals surface area contributed by atoms with Crippen molar-refractivity contribution in [2.45, 2.75) is 84.4 Å². The normalized spacial score (nSPS) is 12.7. The molecule has 0 bridgehead atoms. The third-order valence-electron chi connectivity index (χ3n) is 6.99. The average Bonchev–Trinajstić information content (AvgIpc) is 3.23. The summed E-state index contributed by atoms with van der Waals surface area (Å²) in [5.41, 5.74) is 2.83. The topological polar surface area (TPSA) is 39.1 Å². The summed E-state index contributed by atoms with van der Waals surface area (Å²) in [6.07, 6.45) is 11.8. The Kier molecular flexibility index (Phi) is 9.90. The number of hydrogen-bond donors (Lipinski definition) is 0. The molecule has 0 N–H and O–H groups in total. The molecule has 3 aromatic rings. The van der Waals surface area contributed by atoms with Crippen LogP contribution in [0.3, 0.4) is 0 Å². The van der Waals surface area contributed by atoms with E-state index in [1.165, 1.54) is 55.8 Å². The third-order valence-corrected chi connectivity index (χ3v) is 22.7. The predicted octanol–water partition coefficient (Wildman–Crippen LogP) is 8.59. The summed E-state index contributed by atoms with van der Waals surface area (Å²) in [6.45, 7) is 8.86. The van der Waals surface area contributed by atoms with Gasteiger partial charge in [-0.2, -0.15) is 0 Å². The van der Waals surface area contributed by atoms with Crippen molar-refractivity contribution in [3.63, 3.8) is 0 Å². The molecule has 34 heavy (non-hydrogen) atoms. The summed E-state index contributed by atoms with van der Waals surface area (Å²) in [4.78, 5) is 0.330. The second kappa shape index (κ2) is 12.4. The number of para-hydroxylation sites is 1. The molecule has 1 heterocycles. The van der Waals surface area contributed by atoms with E-state index >= 15 is 0 Å². The Hall–Kier alpha value is -1.53. The Labute approximate surface area is 211 Å². The van der Waals surface area contributed by atoms with E-state index in [0.29, 0.717) is 4.90 Å². The molecule has 3 nitrogen and oxygen atoms in total. The van der Waals surface area contributed by atoms with E-state index in [9.17, 15) is 8.42 Å². The van der Waals surface area contributed by atoms with Crippen LogP contribution in [0, 0.1) is 6.92 Å². The van der Waals surface area contributed by atoms with Crippen LogP contribution in [0.15, 0.2) is 63.7 Å². The van der Waals surface area contributed by atoms with Gasteiger partial charge in [-0.1, -0.05) is 0 Å². The van der Waals surface area contributed by atoms with Gasteiger partial charge in [0.15, 0.2) is 0 Å². The summed E-state index contributed by atoms with van der Waals surface area (Å²) in [5.74, 6) is 0. The van der Waals surface area contributed by atoms with E-state index < -0.39 is 28.4 Å². The summed E-state index contributed by atoms with van der Waals surface area (Å²) < 4.78 is 35.4. The van der Waals surface area contributed by atoms with Crippen molar-refractivity contribution in [1.29, 1.82) is 0 Å². The van der Waals surface area contributed by atoms with Crippen molar-refractivity contribution in [3.8, 4) is 0 Å². The van der Waals surface area contributed by atoms with Gasteiger partial charge in [0.05, 0.1) is 0 Å². The monoisotopic (exact) mass is 587 g/mol. The van der Waals surface area contributed by atoms with Gasteiger partial charge in [0, 0.05) is 0 Å². The van der Waals surface area contributed by atoms with Crippen LogP contribution in [0.25, 0.3) is 17.0 Å². The Morgan fingerprint density at radius 3 is 1.94 bits per heavy atom. The van der Waals surface area contributed by atoms with Crippen LogP contribution in [0.4, 0.5) is 0 Å². The number of aryl methyl sites for hydroxylation is 1. The molecular formula is C29H41NO2SSn. The number of fused-ring (bicyclic) bond motifs is 1. The molecule has 0 amide bonds. The van der Waals surface area contributed by atoms with E-state index in [4.69, 9.17) is 0 Å². The van der Waals surface area contributed by atoms with Gasteiger partial charge in [0.25, 0.3) is 0 Å². The Bertz CT molecular complexity index is 1170. The molecule has 1 aromatic heterocycles. The zero-order valence-corrected chi connectivity index (χ0v) is 25.1. The number of benzene rings is 2. The van der Waals surface area contributed by atoms with Crippen LogP contribution in [0.5, 0.6) is 0 Å². The Balaban J connectivity index is 2.07. The number of aromatic nitrogens is 1. The third kappa shape index (κ3) is 6.37. The number of nitrogens with zero attached hydrogens (tertiary/aromatic N) is 1. The maximum atomic E-state index is 13.5. The first kappa shape index (κ1) is 27.1. The summed E-state index contributed by atoms with van der Waals surface area (Å²) in [6, 6.07) is 15.0. The van der Waals surface area contributed by atoms with E-state index in [0.717, 1.165) is 22.0 Å². The molecule has 0 saturated heterocycles. The number of rotatable bonds is 13. The fourth-order valence-corrected chi connectivity index (χ4v) is 20.3. The fraction of sp³-hybridized carbons (Fsp3) is 0.448. The van der Waals surface area contributed by atoms with Crippen molar-refractivity contribution in [1.82, 2.24) is 3.97 Å². The average molecular weight is 586 g/mol. The van der Waals surface area contributed by atoms with Crippen molar-refractivity contribution < 1.29 is 8.42 Å². The predicted molar refractivity (Wildman–Crippen MR) is 150 cm³/mol. The minimum absolute atomic E-state index is 0.330. The standard InChI is InChI=1S/C17H14NO2S.3C4H9.Sn/c1-3-14-12-18(17-7-5-4-6-16(14)17)21(19,20)15-10-8-13(2)9-11-15;3*1-3-4-2;/h1,3-12H,2H3;3*1,3-4H2,2H3;. The quantitative estimate of drug-likeness (QED) is 0.188. The Morgan fingerprint density at radius 2 is 1.38 bits per heavy atom. The SMILES string of the molecule is CCC[CH2][Sn](/[CH]=C/c1cn(S(=O)(=O)c2ccc(C)cc2)c2ccccc12)([CH2]CCC)[CH2]CCC. The van der Waals surface area contributed by atoms with E-state index in [2.05, 4.69) is 37.0 Å². The van der Waals surface area contributed by atoms with Crippen molar-refractivity contribution in [2.75, 3.05) is 0 Å². The van der Waals surface area contributed by atoms with Crippen LogP contribution in [-0.2, 0) is 10.0 Å². The molecule has 0 aliphatic carbocycles. The second-order valence-corrected chi connectivity index (χ2v) is 24.5. The molecule has 184 valence electrons. The van der Waals surface area contributed by atoms with Gasteiger partial charge < -0.3 is 0 Å². The van der Waals surface area contributed by atoms with Crippen LogP contribution >= 0.6 is 0 Å². The first-order valence-corrected chi connectivity index (χ1v) is 22.1. The molecule has 0 saturated carbocycles. The minimum atomic E-state index is -3.66. The molecule has 5 heteroatoms. The summed E-state index contributed by atoms with van der Waals surface area (Å²) in [7, 11) is -3.66. The molecule has 0 fully saturated rings. The maximum absolute atomic E-state index is 13.5. The van der Waals surface area contributed by atoms with Crippen LogP contribution in [0.1, 0.15) is 70.4 Å². The summed E-state index contributed by atoms with van der Waals surface area (Å²) in [5, 5.41) is 1.01. The zero-order chi connectivity index (χ0) is 24.6. The molecule has 0 unspecified atom stereocenters. The van der Waals surface area contributed by atoms with Gasteiger partial charge in [-0.05, 0) is 0 Å². The van der Waals surface area contributed by atoms with E-state index in [1.54, 1.807) is 12.1 Å². The second-order valence-electron chi connectivity index (χ2n) is 9.72. The molecule has 0 radical (unpaired) electrons.